The second kappa shape index (κ2) is 6.64. The lowest BCUT2D eigenvalue weighted by Crippen LogP contribution is -2.07. The Morgan fingerprint density at radius 1 is 1.41 bits per heavy atom. The summed E-state index contributed by atoms with van der Waals surface area (Å²) in [6, 6.07) is 5.67. The minimum atomic E-state index is -2.92. The molecule has 0 fully saturated rings. The molecule has 0 unspecified atom stereocenters. The minimum absolute atomic E-state index is 0.158. The van der Waals surface area contributed by atoms with E-state index in [1.165, 1.54) is 18.0 Å². The van der Waals surface area contributed by atoms with E-state index in [9.17, 15) is 8.42 Å². The van der Waals surface area contributed by atoms with E-state index in [1.54, 1.807) is 0 Å². The first kappa shape index (κ1) is 14.8. The van der Waals surface area contributed by atoms with Crippen LogP contribution in [0.5, 0.6) is 0 Å². The quantitative estimate of drug-likeness (QED) is 0.815. The Morgan fingerprint density at radius 2 is 2.12 bits per heavy atom. The van der Waals surface area contributed by atoms with E-state index in [0.717, 1.165) is 16.9 Å². The second-order valence-corrected chi connectivity index (χ2v) is 7.52. The third kappa shape index (κ3) is 5.29. The molecule has 1 rings (SSSR count). The average Bonchev–Trinajstić information content (AvgIpc) is 2.21. The first-order chi connectivity index (χ1) is 7.94. The summed E-state index contributed by atoms with van der Waals surface area (Å²) in [6.07, 6.45) is 1.99. The van der Waals surface area contributed by atoms with Gasteiger partial charge in [0.2, 0.25) is 0 Å². The maximum Gasteiger partial charge on any atom is 0.148 e. The molecule has 0 aromatic heterocycles. The van der Waals surface area contributed by atoms with Crippen LogP contribution in [0, 0.1) is 0 Å². The summed E-state index contributed by atoms with van der Waals surface area (Å²) >= 11 is 7.58. The second-order valence-electron chi connectivity index (χ2n) is 3.75. The van der Waals surface area contributed by atoms with Gasteiger partial charge in [-0.2, -0.15) is 0 Å². The fourth-order valence-electron chi connectivity index (χ4n) is 1.36. The summed E-state index contributed by atoms with van der Waals surface area (Å²) in [5, 5.41) is 0.662. The predicted molar refractivity (Wildman–Crippen MR) is 74.6 cm³/mol. The van der Waals surface area contributed by atoms with Gasteiger partial charge in [-0.3, -0.25) is 0 Å². The molecule has 0 aliphatic heterocycles. The van der Waals surface area contributed by atoms with Crippen molar-refractivity contribution in [3.63, 3.8) is 0 Å². The Balaban J connectivity index is 2.75. The van der Waals surface area contributed by atoms with E-state index in [4.69, 9.17) is 17.3 Å². The van der Waals surface area contributed by atoms with Gasteiger partial charge in [0.05, 0.1) is 10.8 Å². The van der Waals surface area contributed by atoms with Crippen molar-refractivity contribution in [1.82, 2.24) is 0 Å². The van der Waals surface area contributed by atoms with Crippen molar-refractivity contribution in [3.8, 4) is 0 Å². The van der Waals surface area contributed by atoms with E-state index in [-0.39, 0.29) is 5.75 Å². The molecule has 0 radical (unpaired) electrons. The molecule has 2 N–H and O–H groups in total. The molecule has 0 aliphatic rings. The van der Waals surface area contributed by atoms with Crippen molar-refractivity contribution in [2.45, 2.75) is 11.3 Å². The molecule has 0 spiro atoms. The van der Waals surface area contributed by atoms with Crippen molar-refractivity contribution >= 4 is 33.2 Å². The zero-order chi connectivity index (χ0) is 12.9. The predicted octanol–water partition coefficient (Wildman–Crippen LogP) is 1.98. The smallest absolute Gasteiger partial charge is 0.148 e. The number of benzene rings is 1. The topological polar surface area (TPSA) is 60.2 Å². The minimum Gasteiger partial charge on any atom is -0.330 e. The Kier molecular flexibility index (Phi) is 5.79. The highest BCUT2D eigenvalue weighted by Crippen LogP contribution is 2.31. The first-order valence-corrected chi connectivity index (χ1v) is 8.64. The van der Waals surface area contributed by atoms with E-state index in [2.05, 4.69) is 0 Å². The number of hydrogen-bond donors (Lipinski definition) is 1. The standard InChI is InChI=1S/C11H16ClNO2S2/c1-17(14,15)8-7-16-11-9(5-6-13)3-2-4-10(11)12/h2-4H,5-8,13H2,1H3. The average molecular weight is 294 g/mol. The summed E-state index contributed by atoms with van der Waals surface area (Å²) in [6.45, 7) is 0.556. The molecule has 17 heavy (non-hydrogen) atoms. The molecular formula is C11H16ClNO2S2. The highest BCUT2D eigenvalue weighted by molar-refractivity contribution is 8.00. The Labute approximate surface area is 112 Å². The zero-order valence-corrected chi connectivity index (χ0v) is 12.0. The van der Waals surface area contributed by atoms with Crippen LogP contribution in [0.2, 0.25) is 5.02 Å². The van der Waals surface area contributed by atoms with Crippen LogP contribution in [0.4, 0.5) is 0 Å². The molecule has 0 bridgehead atoms. The number of rotatable bonds is 6. The molecule has 0 atom stereocenters. The number of halogens is 1. The van der Waals surface area contributed by atoms with Gasteiger partial charge in [-0.1, -0.05) is 23.7 Å². The first-order valence-electron chi connectivity index (χ1n) is 5.22. The van der Waals surface area contributed by atoms with Crippen LogP contribution in [0.15, 0.2) is 23.1 Å². The SMILES string of the molecule is CS(=O)(=O)CCSc1c(Cl)cccc1CCN. The van der Waals surface area contributed by atoms with Gasteiger partial charge in [-0.05, 0) is 24.6 Å². The van der Waals surface area contributed by atoms with Gasteiger partial charge in [-0.25, -0.2) is 8.42 Å². The molecular weight excluding hydrogens is 278 g/mol. The van der Waals surface area contributed by atoms with Gasteiger partial charge in [0.1, 0.15) is 9.84 Å². The third-order valence-electron chi connectivity index (χ3n) is 2.16. The molecule has 0 saturated carbocycles. The normalized spacial score (nSPS) is 11.7. The van der Waals surface area contributed by atoms with Crippen molar-refractivity contribution in [2.24, 2.45) is 5.73 Å². The monoisotopic (exact) mass is 293 g/mol. The molecule has 1 aromatic rings. The van der Waals surface area contributed by atoms with Crippen molar-refractivity contribution in [2.75, 3.05) is 24.3 Å². The van der Waals surface area contributed by atoms with E-state index < -0.39 is 9.84 Å². The molecule has 0 heterocycles. The number of hydrogen-bond acceptors (Lipinski definition) is 4. The zero-order valence-electron chi connectivity index (χ0n) is 9.65. The highest BCUT2D eigenvalue weighted by atomic mass is 35.5. The van der Waals surface area contributed by atoms with Crippen molar-refractivity contribution in [1.29, 1.82) is 0 Å². The Bertz CT molecular complexity index is 474. The maximum atomic E-state index is 11.1. The van der Waals surface area contributed by atoms with Crippen LogP contribution >= 0.6 is 23.4 Å². The van der Waals surface area contributed by atoms with E-state index in [1.807, 2.05) is 18.2 Å². The summed E-state index contributed by atoms with van der Waals surface area (Å²) in [5.74, 6) is 0.672. The summed E-state index contributed by atoms with van der Waals surface area (Å²) < 4.78 is 22.1. The molecule has 0 amide bonds. The molecule has 1 aromatic carbocycles. The number of sulfone groups is 1. The van der Waals surface area contributed by atoms with Crippen LogP contribution < -0.4 is 5.73 Å². The van der Waals surface area contributed by atoms with Crippen LogP contribution in [-0.4, -0.2) is 32.7 Å². The lowest BCUT2D eigenvalue weighted by atomic mass is 10.1. The summed E-state index contributed by atoms with van der Waals surface area (Å²) in [4.78, 5) is 0.947. The molecule has 0 aliphatic carbocycles. The molecule has 6 heteroatoms. The largest absolute Gasteiger partial charge is 0.330 e. The van der Waals surface area contributed by atoms with Crippen LogP contribution in [0.3, 0.4) is 0 Å². The summed E-state index contributed by atoms with van der Waals surface area (Å²) in [7, 11) is -2.92. The molecule has 3 nitrogen and oxygen atoms in total. The number of thioether (sulfide) groups is 1. The van der Waals surface area contributed by atoms with Gasteiger partial charge >= 0.3 is 0 Å². The van der Waals surface area contributed by atoms with Gasteiger partial charge < -0.3 is 5.73 Å². The number of nitrogens with two attached hydrogens (primary N) is 1. The van der Waals surface area contributed by atoms with E-state index in [0.29, 0.717) is 17.3 Å². The van der Waals surface area contributed by atoms with Gasteiger partial charge in [0.15, 0.2) is 0 Å². The lowest BCUT2D eigenvalue weighted by molar-refractivity contribution is 0.603. The molecule has 96 valence electrons. The van der Waals surface area contributed by atoms with Crippen LogP contribution in [0.25, 0.3) is 0 Å². The van der Waals surface area contributed by atoms with Crippen LogP contribution in [-0.2, 0) is 16.3 Å². The maximum absolute atomic E-state index is 11.1. The highest BCUT2D eigenvalue weighted by Gasteiger charge is 2.09. The fraction of sp³-hybridized carbons (Fsp3) is 0.455. The fourth-order valence-corrected chi connectivity index (χ4v) is 4.03. The third-order valence-corrected chi connectivity index (χ3v) is 4.97. The van der Waals surface area contributed by atoms with Crippen molar-refractivity contribution in [3.05, 3.63) is 28.8 Å². The lowest BCUT2D eigenvalue weighted by Gasteiger charge is -2.09. The van der Waals surface area contributed by atoms with Gasteiger partial charge in [0, 0.05) is 16.9 Å². The Morgan fingerprint density at radius 3 is 2.71 bits per heavy atom. The van der Waals surface area contributed by atoms with Crippen molar-refractivity contribution < 1.29 is 8.42 Å². The summed E-state index contributed by atoms with van der Waals surface area (Å²) in [5.41, 5.74) is 6.61. The van der Waals surface area contributed by atoms with Crippen LogP contribution in [0.1, 0.15) is 5.56 Å². The molecule has 0 saturated heterocycles. The van der Waals surface area contributed by atoms with Gasteiger partial charge in [-0.15, -0.1) is 11.8 Å². The van der Waals surface area contributed by atoms with Gasteiger partial charge in [0.25, 0.3) is 0 Å². The Hall–Kier alpha value is -0.230. The van der Waals surface area contributed by atoms with E-state index >= 15 is 0 Å².